The summed E-state index contributed by atoms with van der Waals surface area (Å²) in [6, 6.07) is 6.73. The Morgan fingerprint density at radius 1 is 1.08 bits per heavy atom. The molecule has 0 fully saturated rings. The molecular weight excluding hydrogens is 363 g/mol. The van der Waals surface area contributed by atoms with Crippen molar-refractivity contribution in [2.24, 2.45) is 0 Å². The summed E-state index contributed by atoms with van der Waals surface area (Å²) in [6.07, 6.45) is 0. The maximum atomic E-state index is 13.8. The van der Waals surface area contributed by atoms with Gasteiger partial charge in [0.05, 0.1) is 27.0 Å². The second kappa shape index (κ2) is 8.62. The molecule has 0 radical (unpaired) electrons. The zero-order chi connectivity index (χ0) is 19.3. The molecule has 6 nitrogen and oxygen atoms in total. The number of anilines is 2. The monoisotopic (exact) mass is 382 g/mol. The van der Waals surface area contributed by atoms with Gasteiger partial charge in [-0.15, -0.1) is 0 Å². The van der Waals surface area contributed by atoms with Gasteiger partial charge in [0.25, 0.3) is 0 Å². The molecule has 0 spiro atoms. The minimum absolute atomic E-state index is 0.0537. The van der Waals surface area contributed by atoms with Gasteiger partial charge in [-0.1, -0.05) is 11.6 Å². The van der Waals surface area contributed by atoms with Crippen LogP contribution in [0.25, 0.3) is 0 Å². The number of amides is 1. The summed E-state index contributed by atoms with van der Waals surface area (Å²) >= 11 is 5.71. The molecule has 0 saturated heterocycles. The van der Waals surface area contributed by atoms with Gasteiger partial charge in [0, 0.05) is 22.8 Å². The molecule has 26 heavy (non-hydrogen) atoms. The molecule has 0 bridgehead atoms. The van der Waals surface area contributed by atoms with Crippen LogP contribution >= 0.6 is 11.6 Å². The molecule has 0 aromatic heterocycles. The Hall–Kier alpha value is -2.67. The molecule has 2 rings (SSSR count). The molecule has 1 amide bonds. The second-order valence-electron chi connectivity index (χ2n) is 5.39. The summed E-state index contributed by atoms with van der Waals surface area (Å²) in [5.41, 5.74) is 0.636. The fourth-order valence-electron chi connectivity index (χ4n) is 2.31. The average Bonchev–Trinajstić information content (AvgIpc) is 2.62. The van der Waals surface area contributed by atoms with Crippen LogP contribution in [0.2, 0.25) is 5.02 Å². The normalized spacial score (nSPS) is 11.5. The first-order chi connectivity index (χ1) is 12.4. The zero-order valence-electron chi connectivity index (χ0n) is 14.9. The van der Waals surface area contributed by atoms with Gasteiger partial charge >= 0.3 is 0 Å². The predicted molar refractivity (Wildman–Crippen MR) is 99.2 cm³/mol. The molecule has 1 atom stereocenters. The van der Waals surface area contributed by atoms with E-state index >= 15 is 0 Å². The third-order valence-electron chi connectivity index (χ3n) is 3.63. The van der Waals surface area contributed by atoms with Crippen LogP contribution in [-0.4, -0.2) is 33.3 Å². The molecule has 140 valence electrons. The third kappa shape index (κ3) is 4.49. The standard InChI is InChI=1S/C18H20ClFN2O4/c1-10(18(23)22-14-6-5-11(19)7-13(14)20)21-12-8-15(24-2)17(26-4)16(9-12)25-3/h5-10,21H,1-4H3,(H,22,23). The number of hydrogen-bond acceptors (Lipinski definition) is 5. The van der Waals surface area contributed by atoms with Gasteiger partial charge in [0.1, 0.15) is 11.9 Å². The highest BCUT2D eigenvalue weighted by molar-refractivity contribution is 6.30. The van der Waals surface area contributed by atoms with Gasteiger partial charge in [-0.25, -0.2) is 4.39 Å². The number of rotatable bonds is 7. The Kier molecular flexibility index (Phi) is 6.52. The molecular formula is C18H20ClFN2O4. The fraction of sp³-hybridized carbons (Fsp3) is 0.278. The van der Waals surface area contributed by atoms with E-state index in [4.69, 9.17) is 25.8 Å². The summed E-state index contributed by atoms with van der Waals surface area (Å²) in [5.74, 6) is 0.322. The summed E-state index contributed by atoms with van der Waals surface area (Å²) < 4.78 is 29.6. The van der Waals surface area contributed by atoms with Gasteiger partial charge < -0.3 is 24.8 Å². The van der Waals surface area contributed by atoms with E-state index in [0.717, 1.165) is 6.07 Å². The maximum Gasteiger partial charge on any atom is 0.246 e. The van der Waals surface area contributed by atoms with Crippen molar-refractivity contribution in [2.75, 3.05) is 32.0 Å². The van der Waals surface area contributed by atoms with Gasteiger partial charge in [0.2, 0.25) is 11.7 Å². The number of nitrogens with one attached hydrogen (secondary N) is 2. The predicted octanol–water partition coefficient (Wildman–Crippen LogP) is 3.94. The SMILES string of the molecule is COc1cc(NC(C)C(=O)Nc2ccc(Cl)cc2F)cc(OC)c1OC. The average molecular weight is 383 g/mol. The van der Waals surface area contributed by atoms with Crippen LogP contribution in [0.4, 0.5) is 15.8 Å². The number of carbonyl (C=O) groups is 1. The van der Waals surface area contributed by atoms with Crippen molar-refractivity contribution in [1.29, 1.82) is 0 Å². The van der Waals surface area contributed by atoms with Crippen LogP contribution in [0.1, 0.15) is 6.92 Å². The molecule has 0 aliphatic heterocycles. The lowest BCUT2D eigenvalue weighted by Crippen LogP contribution is -2.32. The van der Waals surface area contributed by atoms with Crippen LogP contribution in [0.3, 0.4) is 0 Å². The smallest absolute Gasteiger partial charge is 0.246 e. The Labute approximate surface area is 156 Å². The van der Waals surface area contributed by atoms with Crippen molar-refractivity contribution in [3.05, 3.63) is 41.2 Å². The number of ether oxygens (including phenoxy) is 3. The van der Waals surface area contributed by atoms with Crippen LogP contribution in [0, 0.1) is 5.82 Å². The molecule has 0 aliphatic carbocycles. The molecule has 0 aliphatic rings. The molecule has 2 aromatic rings. The van der Waals surface area contributed by atoms with E-state index in [1.165, 1.54) is 33.5 Å². The van der Waals surface area contributed by atoms with E-state index in [1.54, 1.807) is 19.1 Å². The van der Waals surface area contributed by atoms with Gasteiger partial charge in [0.15, 0.2) is 11.5 Å². The van der Waals surface area contributed by atoms with E-state index < -0.39 is 17.8 Å². The summed E-state index contributed by atoms with van der Waals surface area (Å²) in [5, 5.41) is 5.79. The number of methoxy groups -OCH3 is 3. The quantitative estimate of drug-likeness (QED) is 0.759. The Bertz CT molecular complexity index is 776. The summed E-state index contributed by atoms with van der Waals surface area (Å²) in [4.78, 5) is 12.3. The minimum atomic E-state index is -0.659. The minimum Gasteiger partial charge on any atom is -0.493 e. The summed E-state index contributed by atoms with van der Waals surface area (Å²) in [6.45, 7) is 1.65. The Morgan fingerprint density at radius 2 is 1.69 bits per heavy atom. The zero-order valence-corrected chi connectivity index (χ0v) is 15.6. The third-order valence-corrected chi connectivity index (χ3v) is 3.87. The van der Waals surface area contributed by atoms with Gasteiger partial charge in [-0.05, 0) is 25.1 Å². The van der Waals surface area contributed by atoms with Crippen molar-refractivity contribution < 1.29 is 23.4 Å². The maximum absolute atomic E-state index is 13.8. The van der Waals surface area contributed by atoms with Crippen LogP contribution in [0.15, 0.2) is 30.3 Å². The lowest BCUT2D eigenvalue weighted by molar-refractivity contribution is -0.116. The number of halogens is 2. The topological polar surface area (TPSA) is 68.8 Å². The van der Waals surface area contributed by atoms with E-state index in [0.29, 0.717) is 22.9 Å². The summed E-state index contributed by atoms with van der Waals surface area (Å²) in [7, 11) is 4.51. The van der Waals surface area contributed by atoms with E-state index in [-0.39, 0.29) is 10.7 Å². The van der Waals surface area contributed by atoms with Crippen molar-refractivity contribution >= 4 is 28.9 Å². The highest BCUT2D eigenvalue weighted by Gasteiger charge is 2.18. The molecule has 0 heterocycles. The molecule has 2 N–H and O–H groups in total. The number of carbonyl (C=O) groups excluding carboxylic acids is 1. The molecule has 2 aromatic carbocycles. The lowest BCUT2D eigenvalue weighted by Gasteiger charge is -2.18. The van der Waals surface area contributed by atoms with Crippen LogP contribution < -0.4 is 24.8 Å². The first kappa shape index (κ1) is 19.7. The van der Waals surface area contributed by atoms with E-state index in [9.17, 15) is 9.18 Å². The van der Waals surface area contributed by atoms with Crippen LogP contribution in [-0.2, 0) is 4.79 Å². The van der Waals surface area contributed by atoms with Crippen LogP contribution in [0.5, 0.6) is 17.2 Å². The van der Waals surface area contributed by atoms with Crippen molar-refractivity contribution in [3.63, 3.8) is 0 Å². The highest BCUT2D eigenvalue weighted by atomic mass is 35.5. The van der Waals surface area contributed by atoms with E-state index in [2.05, 4.69) is 10.6 Å². The lowest BCUT2D eigenvalue weighted by atomic mass is 10.2. The first-order valence-electron chi connectivity index (χ1n) is 7.72. The Balaban J connectivity index is 2.15. The molecule has 8 heteroatoms. The molecule has 1 unspecified atom stereocenters. The highest BCUT2D eigenvalue weighted by Crippen LogP contribution is 2.40. The fourth-order valence-corrected chi connectivity index (χ4v) is 2.47. The van der Waals surface area contributed by atoms with Crippen molar-refractivity contribution in [2.45, 2.75) is 13.0 Å². The van der Waals surface area contributed by atoms with Gasteiger partial charge in [-0.3, -0.25) is 4.79 Å². The van der Waals surface area contributed by atoms with Crippen molar-refractivity contribution in [3.8, 4) is 17.2 Å². The largest absolute Gasteiger partial charge is 0.493 e. The Morgan fingerprint density at radius 3 is 2.19 bits per heavy atom. The van der Waals surface area contributed by atoms with E-state index in [1.807, 2.05) is 0 Å². The van der Waals surface area contributed by atoms with Crippen molar-refractivity contribution in [1.82, 2.24) is 0 Å². The number of benzene rings is 2. The number of hydrogen-bond donors (Lipinski definition) is 2. The molecule has 0 saturated carbocycles. The second-order valence-corrected chi connectivity index (χ2v) is 5.83. The van der Waals surface area contributed by atoms with Gasteiger partial charge in [-0.2, -0.15) is 0 Å². The first-order valence-corrected chi connectivity index (χ1v) is 8.09.